The van der Waals surface area contributed by atoms with E-state index in [2.05, 4.69) is 20.1 Å². The lowest BCUT2D eigenvalue weighted by molar-refractivity contribution is -0.286. The van der Waals surface area contributed by atoms with Crippen LogP contribution in [-0.2, 0) is 4.74 Å². The molecule has 21 heavy (non-hydrogen) atoms. The summed E-state index contributed by atoms with van der Waals surface area (Å²) >= 11 is 0. The summed E-state index contributed by atoms with van der Waals surface area (Å²) in [5, 5.41) is 5.09. The minimum absolute atomic E-state index is 0.00107. The van der Waals surface area contributed by atoms with Crippen molar-refractivity contribution in [2.24, 2.45) is 0 Å². The van der Waals surface area contributed by atoms with Crippen molar-refractivity contribution < 1.29 is 27.8 Å². The van der Waals surface area contributed by atoms with Gasteiger partial charge in [0, 0.05) is 13.2 Å². The maximum atomic E-state index is 13.0. The van der Waals surface area contributed by atoms with Gasteiger partial charge in [-0.05, 0) is 25.0 Å². The van der Waals surface area contributed by atoms with E-state index in [0.717, 1.165) is 12.8 Å². The molecule has 3 rings (SSSR count). The fourth-order valence-corrected chi connectivity index (χ4v) is 2.25. The largest absolute Gasteiger partial charge is 0.586 e. The van der Waals surface area contributed by atoms with Crippen molar-refractivity contribution in [3.05, 3.63) is 18.2 Å². The second-order valence-electron chi connectivity index (χ2n) is 4.77. The zero-order valence-corrected chi connectivity index (χ0v) is 11.0. The number of anilines is 1. The molecule has 8 heteroatoms. The smallest absolute Gasteiger partial charge is 0.395 e. The monoisotopic (exact) mass is 300 g/mol. The molecule has 1 aromatic rings. The third-order valence-corrected chi connectivity index (χ3v) is 3.19. The molecule has 0 radical (unpaired) electrons. The Hall–Kier alpha value is -2.09. The molecule has 2 heterocycles. The summed E-state index contributed by atoms with van der Waals surface area (Å²) < 4.78 is 40.1. The molecular weight excluding hydrogens is 286 g/mol. The molecule has 1 unspecified atom stereocenters. The van der Waals surface area contributed by atoms with E-state index in [1.54, 1.807) is 0 Å². The van der Waals surface area contributed by atoms with Gasteiger partial charge in [0.05, 0.1) is 11.8 Å². The molecule has 1 saturated heterocycles. The average molecular weight is 300 g/mol. The fourth-order valence-electron chi connectivity index (χ4n) is 2.25. The van der Waals surface area contributed by atoms with Gasteiger partial charge in [-0.15, -0.1) is 8.78 Å². The van der Waals surface area contributed by atoms with Gasteiger partial charge in [0.2, 0.25) is 0 Å². The molecule has 114 valence electrons. The summed E-state index contributed by atoms with van der Waals surface area (Å²) in [5.74, 6) is -0.299. The first kappa shape index (κ1) is 13.9. The van der Waals surface area contributed by atoms with Gasteiger partial charge in [0.15, 0.2) is 11.5 Å². The maximum Gasteiger partial charge on any atom is 0.586 e. The quantitative estimate of drug-likeness (QED) is 0.899. The van der Waals surface area contributed by atoms with E-state index in [1.807, 2.05) is 0 Å². The number of rotatable bonds is 3. The highest BCUT2D eigenvalue weighted by molar-refractivity contribution is 5.91. The lowest BCUT2D eigenvalue weighted by atomic mass is 10.2. The summed E-state index contributed by atoms with van der Waals surface area (Å²) in [6, 6.07) is 3.76. The number of ether oxygens (including phenoxy) is 3. The normalized spacial score (nSPS) is 22.1. The first-order valence-corrected chi connectivity index (χ1v) is 6.59. The second-order valence-corrected chi connectivity index (χ2v) is 4.77. The Bertz CT molecular complexity index is 547. The zero-order valence-electron chi connectivity index (χ0n) is 11.0. The van der Waals surface area contributed by atoms with Crippen molar-refractivity contribution >= 4 is 11.7 Å². The van der Waals surface area contributed by atoms with E-state index >= 15 is 0 Å². The Morgan fingerprint density at radius 1 is 1.38 bits per heavy atom. The van der Waals surface area contributed by atoms with Gasteiger partial charge in [-0.1, -0.05) is 6.07 Å². The number of urea groups is 1. The van der Waals surface area contributed by atoms with Crippen molar-refractivity contribution in [2.75, 3.05) is 18.5 Å². The van der Waals surface area contributed by atoms with Crippen molar-refractivity contribution in [3.63, 3.8) is 0 Å². The number of nitrogens with one attached hydrogen (secondary N) is 2. The summed E-state index contributed by atoms with van der Waals surface area (Å²) in [4.78, 5) is 11.8. The molecule has 0 aromatic heterocycles. The Balaban J connectivity index is 1.60. The van der Waals surface area contributed by atoms with Crippen LogP contribution >= 0.6 is 0 Å². The topological polar surface area (TPSA) is 68.8 Å². The third kappa shape index (κ3) is 3.15. The highest BCUT2D eigenvalue weighted by Crippen LogP contribution is 2.45. The average Bonchev–Trinajstić information content (AvgIpc) is 3.02. The van der Waals surface area contributed by atoms with E-state index in [1.165, 1.54) is 18.2 Å². The first-order chi connectivity index (χ1) is 10.0. The van der Waals surface area contributed by atoms with E-state index in [4.69, 9.17) is 4.74 Å². The summed E-state index contributed by atoms with van der Waals surface area (Å²) in [6.45, 7) is 1.06. The molecule has 6 nitrogen and oxygen atoms in total. The molecule has 1 fully saturated rings. The summed E-state index contributed by atoms with van der Waals surface area (Å²) in [7, 11) is 0. The molecule has 0 spiro atoms. The number of halogens is 2. The molecule has 2 amide bonds. The van der Waals surface area contributed by atoms with Crippen LogP contribution in [0.15, 0.2) is 18.2 Å². The first-order valence-electron chi connectivity index (χ1n) is 6.59. The van der Waals surface area contributed by atoms with Crippen molar-refractivity contribution in [1.82, 2.24) is 5.32 Å². The van der Waals surface area contributed by atoms with Crippen LogP contribution in [0.25, 0.3) is 0 Å². The van der Waals surface area contributed by atoms with Gasteiger partial charge in [-0.25, -0.2) is 4.79 Å². The third-order valence-electron chi connectivity index (χ3n) is 3.19. The molecule has 2 N–H and O–H groups in total. The highest BCUT2D eigenvalue weighted by Gasteiger charge is 2.44. The van der Waals surface area contributed by atoms with Gasteiger partial charge in [0.25, 0.3) is 0 Å². The lowest BCUT2D eigenvalue weighted by Crippen LogP contribution is -2.35. The minimum atomic E-state index is -3.71. The minimum Gasteiger partial charge on any atom is -0.395 e. The number of benzene rings is 1. The van der Waals surface area contributed by atoms with Gasteiger partial charge in [0.1, 0.15) is 0 Å². The number of carbonyl (C=O) groups is 1. The number of carbonyl (C=O) groups excluding carboxylic acids is 1. The Morgan fingerprint density at radius 3 is 3.00 bits per heavy atom. The zero-order chi connectivity index (χ0) is 14.9. The Morgan fingerprint density at radius 2 is 2.24 bits per heavy atom. The van der Waals surface area contributed by atoms with Crippen LogP contribution in [0.3, 0.4) is 0 Å². The standard InChI is InChI=1S/C13H14F2N2O4/c14-13(15)20-10-5-1-4-9(11(10)21-13)17-12(18)16-7-8-3-2-6-19-8/h1,4-5,8H,2-3,6-7H2,(H2,16,17,18). The summed E-state index contributed by atoms with van der Waals surface area (Å²) in [5.41, 5.74) is 0.120. The molecule has 2 aliphatic heterocycles. The van der Waals surface area contributed by atoms with Gasteiger partial charge in [-0.3, -0.25) is 0 Å². The van der Waals surface area contributed by atoms with Crippen molar-refractivity contribution in [3.8, 4) is 11.5 Å². The molecule has 0 bridgehead atoms. The SMILES string of the molecule is O=C(NCC1CCCO1)Nc1cccc2c1OC(F)(F)O2. The van der Waals surface area contributed by atoms with Crippen LogP contribution in [0.5, 0.6) is 11.5 Å². The van der Waals surface area contributed by atoms with Crippen LogP contribution in [0, 0.1) is 0 Å². The molecular formula is C13H14F2N2O4. The Labute approximate surface area is 119 Å². The fraction of sp³-hybridized carbons (Fsp3) is 0.462. The second kappa shape index (κ2) is 5.36. The number of hydrogen-bond acceptors (Lipinski definition) is 4. The van der Waals surface area contributed by atoms with Gasteiger partial charge >= 0.3 is 12.3 Å². The number of para-hydroxylation sites is 1. The molecule has 1 aromatic carbocycles. The molecule has 2 aliphatic rings. The van der Waals surface area contributed by atoms with Crippen LogP contribution in [0.1, 0.15) is 12.8 Å². The van der Waals surface area contributed by atoms with E-state index < -0.39 is 12.3 Å². The van der Waals surface area contributed by atoms with E-state index in [9.17, 15) is 13.6 Å². The number of hydrogen-bond donors (Lipinski definition) is 2. The van der Waals surface area contributed by atoms with Gasteiger partial charge < -0.3 is 24.8 Å². The molecule has 1 atom stereocenters. The van der Waals surface area contributed by atoms with Crippen LogP contribution in [-0.4, -0.2) is 31.6 Å². The molecule has 0 saturated carbocycles. The van der Waals surface area contributed by atoms with Crippen molar-refractivity contribution in [2.45, 2.75) is 25.2 Å². The number of amides is 2. The van der Waals surface area contributed by atoms with Crippen LogP contribution in [0.4, 0.5) is 19.3 Å². The Kier molecular flexibility index (Phi) is 3.54. The number of alkyl halides is 2. The lowest BCUT2D eigenvalue weighted by Gasteiger charge is -2.12. The van der Waals surface area contributed by atoms with Gasteiger partial charge in [-0.2, -0.15) is 0 Å². The highest BCUT2D eigenvalue weighted by atomic mass is 19.3. The predicted molar refractivity (Wildman–Crippen MR) is 68.6 cm³/mol. The maximum absolute atomic E-state index is 13.0. The number of fused-ring (bicyclic) bond motifs is 1. The predicted octanol–water partition coefficient (Wildman–Crippen LogP) is 2.31. The van der Waals surface area contributed by atoms with E-state index in [0.29, 0.717) is 13.2 Å². The summed E-state index contributed by atoms with van der Waals surface area (Å²) in [6.07, 6.45) is -1.85. The molecule has 0 aliphatic carbocycles. The van der Waals surface area contributed by atoms with Crippen LogP contribution < -0.4 is 20.1 Å². The van der Waals surface area contributed by atoms with E-state index in [-0.39, 0.29) is 23.3 Å². The van der Waals surface area contributed by atoms with Crippen molar-refractivity contribution in [1.29, 1.82) is 0 Å². The van der Waals surface area contributed by atoms with Crippen LogP contribution in [0.2, 0.25) is 0 Å².